The molecule has 0 N–H and O–H groups in total. The summed E-state index contributed by atoms with van der Waals surface area (Å²) in [5.41, 5.74) is 0. The Balaban J connectivity index is 3.98. The fourth-order valence-electron chi connectivity index (χ4n) is 10.8. The van der Waals surface area contributed by atoms with E-state index in [2.05, 4.69) is 148 Å². The van der Waals surface area contributed by atoms with Crippen molar-refractivity contribution in [2.75, 3.05) is 47.5 Å². The first kappa shape index (κ1) is 90.2. The molecule has 0 aromatic rings. The molecule has 2 atom stereocenters. The zero-order valence-electron chi connectivity index (χ0n) is 61.6. The first-order chi connectivity index (χ1) is 46.0. The minimum Gasteiger partial charge on any atom is -0.756 e. The summed E-state index contributed by atoms with van der Waals surface area (Å²) in [6, 6.07) is 0. The molecule has 10 heteroatoms. The summed E-state index contributed by atoms with van der Waals surface area (Å²) in [6.07, 6.45) is 107. The van der Waals surface area contributed by atoms with Gasteiger partial charge in [-0.15, -0.1) is 0 Å². The summed E-state index contributed by atoms with van der Waals surface area (Å²) in [6.45, 7) is 4.04. The van der Waals surface area contributed by atoms with Crippen LogP contribution in [0.25, 0.3) is 0 Å². The molecule has 0 saturated carbocycles. The molecule has 0 aromatic heterocycles. The molecule has 0 aromatic carbocycles. The van der Waals surface area contributed by atoms with E-state index < -0.39 is 26.5 Å². The number of allylic oxidation sites excluding steroid dienone is 22. The molecule has 540 valence electrons. The molecule has 0 rings (SSSR count). The summed E-state index contributed by atoms with van der Waals surface area (Å²) in [7, 11) is 1.17. The molecule has 0 aliphatic carbocycles. The van der Waals surface area contributed by atoms with Crippen molar-refractivity contribution < 1.29 is 42.1 Å². The zero-order valence-corrected chi connectivity index (χ0v) is 62.5. The molecule has 0 fully saturated rings. The van der Waals surface area contributed by atoms with Gasteiger partial charge in [0.1, 0.15) is 19.8 Å². The van der Waals surface area contributed by atoms with Crippen molar-refractivity contribution in [3.8, 4) is 0 Å². The van der Waals surface area contributed by atoms with Gasteiger partial charge in [0.25, 0.3) is 7.82 Å². The van der Waals surface area contributed by atoms with Gasteiger partial charge in [-0.25, -0.2) is 0 Å². The Morgan fingerprint density at radius 3 is 0.851 bits per heavy atom. The number of nitrogens with zero attached hydrogens (tertiary/aromatic N) is 1. The lowest BCUT2D eigenvalue weighted by molar-refractivity contribution is -0.870. The summed E-state index contributed by atoms with van der Waals surface area (Å²) < 4.78 is 34.4. The number of ether oxygens (including phenoxy) is 2. The number of quaternary nitrogens is 1. The van der Waals surface area contributed by atoms with Gasteiger partial charge < -0.3 is 27.9 Å². The number of hydrogen-bond donors (Lipinski definition) is 0. The molecule has 0 radical (unpaired) electrons. The zero-order chi connectivity index (χ0) is 68.3. The largest absolute Gasteiger partial charge is 0.756 e. The highest BCUT2D eigenvalue weighted by atomic mass is 31.2. The number of esters is 2. The fourth-order valence-corrected chi connectivity index (χ4v) is 11.5. The predicted octanol–water partition coefficient (Wildman–Crippen LogP) is 25.3. The molecule has 94 heavy (non-hydrogen) atoms. The molecule has 0 aliphatic heterocycles. The van der Waals surface area contributed by atoms with Crippen LogP contribution in [0.15, 0.2) is 134 Å². The van der Waals surface area contributed by atoms with Crippen LogP contribution in [0.4, 0.5) is 0 Å². The summed E-state index contributed by atoms with van der Waals surface area (Å²) in [5, 5.41) is 0. The Hall–Kier alpha value is -3.85. The Kier molecular flexibility index (Phi) is 70.4. The van der Waals surface area contributed by atoms with Gasteiger partial charge in [0, 0.05) is 12.8 Å². The van der Waals surface area contributed by atoms with Gasteiger partial charge in [-0.1, -0.05) is 347 Å². The Bertz CT molecular complexity index is 2050. The van der Waals surface area contributed by atoms with Crippen LogP contribution >= 0.6 is 7.82 Å². The van der Waals surface area contributed by atoms with Gasteiger partial charge in [-0.05, 0) is 109 Å². The van der Waals surface area contributed by atoms with Crippen LogP contribution in [0, 0.1) is 0 Å². The van der Waals surface area contributed by atoms with E-state index in [-0.39, 0.29) is 32.0 Å². The van der Waals surface area contributed by atoms with Crippen molar-refractivity contribution in [3.63, 3.8) is 0 Å². The third-order valence-electron chi connectivity index (χ3n) is 16.7. The molecular formula is C84H146NO8P. The second-order valence-corrected chi connectivity index (χ2v) is 28.4. The molecule has 0 aliphatic rings. The average molecular weight is 1330 g/mol. The topological polar surface area (TPSA) is 111 Å². The molecule has 9 nitrogen and oxygen atoms in total. The van der Waals surface area contributed by atoms with Crippen LogP contribution in [0.1, 0.15) is 335 Å². The van der Waals surface area contributed by atoms with Gasteiger partial charge in [0.05, 0.1) is 27.7 Å². The smallest absolute Gasteiger partial charge is 0.306 e. The first-order valence-electron chi connectivity index (χ1n) is 38.9. The van der Waals surface area contributed by atoms with E-state index in [4.69, 9.17) is 18.5 Å². The van der Waals surface area contributed by atoms with Crippen molar-refractivity contribution in [1.29, 1.82) is 0 Å². The fraction of sp³-hybridized carbons (Fsp3) is 0.714. The maximum absolute atomic E-state index is 12.9. The van der Waals surface area contributed by atoms with Crippen molar-refractivity contribution >= 4 is 19.8 Å². The van der Waals surface area contributed by atoms with E-state index in [9.17, 15) is 19.0 Å². The standard InChI is InChI=1S/C84H146NO8P/c1-6-8-10-12-14-16-18-20-22-24-26-28-30-32-34-36-38-40-42-44-46-48-50-52-54-56-58-60-62-64-66-68-70-72-74-76-83(86)90-80-82(81-92-94(88,89)91-79-78-85(3,4)5)93-84(87)77-75-73-71-69-67-65-63-61-59-57-55-53-51-49-47-45-43-41-39-37-35-33-31-29-27-25-23-21-19-17-15-13-11-9-7-2/h8-11,14-17,20-23,26-29,32-35,39,41,82H,6-7,12-13,18-19,24-25,30-31,36-38,40,42-81H2,1-5H3/b10-8-,11-9-,16-14-,17-15-,22-20-,23-21-,28-26-,29-27-,34-32-,35-33-,41-39-. The normalized spacial score (nSPS) is 13.8. The molecule has 0 heterocycles. The summed E-state index contributed by atoms with van der Waals surface area (Å²) >= 11 is 0. The third-order valence-corrected chi connectivity index (χ3v) is 17.6. The Morgan fingerprint density at radius 1 is 0.330 bits per heavy atom. The summed E-state index contributed by atoms with van der Waals surface area (Å²) in [4.78, 5) is 38.2. The van der Waals surface area contributed by atoms with E-state index in [0.29, 0.717) is 17.4 Å². The predicted molar refractivity (Wildman–Crippen MR) is 406 cm³/mol. The third kappa shape index (κ3) is 77.2. The molecule has 0 amide bonds. The number of phosphoric acid groups is 1. The number of rotatable bonds is 71. The first-order valence-corrected chi connectivity index (χ1v) is 40.4. The van der Waals surface area contributed by atoms with Gasteiger partial charge in [-0.3, -0.25) is 14.2 Å². The highest BCUT2D eigenvalue weighted by molar-refractivity contribution is 7.45. The minimum absolute atomic E-state index is 0.0335. The minimum atomic E-state index is -4.65. The molecule has 0 saturated heterocycles. The number of carbonyl (C=O) groups is 2. The number of hydrogen-bond acceptors (Lipinski definition) is 8. The summed E-state index contributed by atoms with van der Waals surface area (Å²) in [5.74, 6) is -0.824. The Labute approximate surface area is 581 Å². The van der Waals surface area contributed by atoms with Crippen LogP contribution in [-0.2, 0) is 32.7 Å². The van der Waals surface area contributed by atoms with E-state index in [1.54, 1.807) is 0 Å². The maximum atomic E-state index is 12.9. The van der Waals surface area contributed by atoms with Crippen LogP contribution in [0.5, 0.6) is 0 Å². The van der Waals surface area contributed by atoms with Crippen molar-refractivity contribution in [2.24, 2.45) is 0 Å². The SMILES string of the molecule is CC/C=C\C/C=C\C/C=C\C/C=C\C/C=C\C/C=C\CCCCCCCCCCCCCCCCCCC(=O)OC(COC(=O)CCCCCCCCCCCCCCCCCCCCC/C=C\C/C=C\C/C=C\C/C=C\C/C=C\CC)COP(=O)([O-])OCC[N+](C)(C)C. The second kappa shape index (κ2) is 73.4. The number of likely N-dealkylation sites (N-methyl/N-ethyl adjacent to an activating group) is 1. The molecule has 0 spiro atoms. The quantitative estimate of drug-likeness (QED) is 0.0195. The van der Waals surface area contributed by atoms with Crippen LogP contribution in [0.2, 0.25) is 0 Å². The lowest BCUT2D eigenvalue weighted by Crippen LogP contribution is -2.37. The van der Waals surface area contributed by atoms with E-state index in [0.717, 1.165) is 109 Å². The van der Waals surface area contributed by atoms with Crippen LogP contribution < -0.4 is 4.89 Å². The van der Waals surface area contributed by atoms with Gasteiger partial charge in [-0.2, -0.15) is 0 Å². The second-order valence-electron chi connectivity index (χ2n) is 27.0. The van der Waals surface area contributed by atoms with Gasteiger partial charge in [0.2, 0.25) is 0 Å². The van der Waals surface area contributed by atoms with Crippen LogP contribution in [-0.4, -0.2) is 70.0 Å². The monoisotopic (exact) mass is 1330 g/mol. The lowest BCUT2D eigenvalue weighted by atomic mass is 10.0. The van der Waals surface area contributed by atoms with Gasteiger partial charge in [0.15, 0.2) is 6.10 Å². The lowest BCUT2D eigenvalue weighted by Gasteiger charge is -2.28. The number of phosphoric ester groups is 1. The van der Waals surface area contributed by atoms with Crippen molar-refractivity contribution in [1.82, 2.24) is 0 Å². The number of unbranched alkanes of at least 4 members (excludes halogenated alkanes) is 35. The van der Waals surface area contributed by atoms with Crippen molar-refractivity contribution in [2.45, 2.75) is 341 Å². The van der Waals surface area contributed by atoms with E-state index >= 15 is 0 Å². The van der Waals surface area contributed by atoms with E-state index in [1.807, 2.05) is 21.1 Å². The van der Waals surface area contributed by atoms with Gasteiger partial charge >= 0.3 is 11.9 Å². The van der Waals surface area contributed by atoms with Crippen LogP contribution in [0.3, 0.4) is 0 Å². The molecular weight excluding hydrogens is 1180 g/mol. The van der Waals surface area contributed by atoms with E-state index in [1.165, 1.54) is 193 Å². The Morgan fingerprint density at radius 2 is 0.574 bits per heavy atom. The maximum Gasteiger partial charge on any atom is 0.306 e. The average Bonchev–Trinajstić information content (AvgIpc) is 1.68. The number of carbonyl (C=O) groups excluding carboxylic acids is 2. The highest BCUT2D eigenvalue weighted by Crippen LogP contribution is 2.38. The molecule has 2 unspecified atom stereocenters. The molecule has 0 bridgehead atoms. The highest BCUT2D eigenvalue weighted by Gasteiger charge is 2.22. The van der Waals surface area contributed by atoms with Crippen molar-refractivity contribution in [3.05, 3.63) is 134 Å².